The molecule has 0 bridgehead atoms. The molecule has 2 heterocycles. The number of aliphatic hydroxyl groups is 1. The van der Waals surface area contributed by atoms with Gasteiger partial charge in [-0.15, -0.1) is 13.2 Å². The molecule has 2 rings (SSSR count). The van der Waals surface area contributed by atoms with Crippen molar-refractivity contribution in [1.29, 1.82) is 0 Å². The highest BCUT2D eigenvalue weighted by atomic mass is 28.4. The Balaban J connectivity index is 0.000000379. The van der Waals surface area contributed by atoms with Crippen LogP contribution in [0.4, 0.5) is 0 Å². The molecular formula is C30H58O4Si. The largest absolute Gasteiger partial charge is 0.414 e. The lowest BCUT2D eigenvalue weighted by Crippen LogP contribution is -2.46. The number of epoxide rings is 2. The Hall–Kier alpha value is -0.463. The van der Waals surface area contributed by atoms with Gasteiger partial charge in [0.2, 0.25) is 0 Å². The molecule has 0 amide bonds. The molecule has 0 aromatic heterocycles. The van der Waals surface area contributed by atoms with E-state index in [1.807, 2.05) is 19.1 Å². The van der Waals surface area contributed by atoms with Gasteiger partial charge < -0.3 is 19.0 Å². The van der Waals surface area contributed by atoms with Crippen molar-refractivity contribution in [1.82, 2.24) is 0 Å². The Labute approximate surface area is 219 Å². The Morgan fingerprint density at radius 3 is 1.63 bits per heavy atom. The van der Waals surface area contributed by atoms with E-state index < -0.39 is 8.32 Å². The zero-order valence-corrected chi connectivity index (χ0v) is 25.8. The maximum Gasteiger partial charge on any atom is 0.192 e. The van der Waals surface area contributed by atoms with Crippen LogP contribution < -0.4 is 0 Å². The second kappa shape index (κ2) is 13.9. The van der Waals surface area contributed by atoms with Gasteiger partial charge in [-0.3, -0.25) is 0 Å². The smallest absolute Gasteiger partial charge is 0.192 e. The Morgan fingerprint density at radius 2 is 1.29 bits per heavy atom. The number of ether oxygens (including phenoxy) is 2. The van der Waals surface area contributed by atoms with Crippen LogP contribution in [0, 0.1) is 23.7 Å². The Kier molecular flexibility index (Phi) is 12.9. The maximum atomic E-state index is 9.65. The van der Waals surface area contributed by atoms with Gasteiger partial charge in [0.15, 0.2) is 8.32 Å². The summed E-state index contributed by atoms with van der Waals surface area (Å²) in [6, 6.07) is 0. The number of allylic oxidation sites excluding steroid dienone is 2. The first-order valence-electron chi connectivity index (χ1n) is 14.0. The Morgan fingerprint density at radius 1 is 0.857 bits per heavy atom. The molecule has 0 aromatic rings. The van der Waals surface area contributed by atoms with Crippen molar-refractivity contribution in [3.63, 3.8) is 0 Å². The molecular weight excluding hydrogens is 452 g/mol. The summed E-state index contributed by atoms with van der Waals surface area (Å²) in [4.78, 5) is 0. The lowest BCUT2D eigenvalue weighted by Gasteiger charge is -2.40. The van der Waals surface area contributed by atoms with Crippen molar-refractivity contribution < 1.29 is 19.0 Å². The molecule has 35 heavy (non-hydrogen) atoms. The van der Waals surface area contributed by atoms with Gasteiger partial charge in [0.05, 0.1) is 30.5 Å². The second-order valence-electron chi connectivity index (χ2n) is 12.7. The summed E-state index contributed by atoms with van der Waals surface area (Å²) < 4.78 is 18.1. The molecule has 0 saturated carbocycles. The minimum absolute atomic E-state index is 0.218. The third kappa shape index (κ3) is 10.1. The maximum absolute atomic E-state index is 9.65. The fourth-order valence-corrected chi connectivity index (χ4v) is 5.95. The summed E-state index contributed by atoms with van der Waals surface area (Å²) in [5, 5.41) is 9.91. The zero-order valence-electron chi connectivity index (χ0n) is 24.8. The van der Waals surface area contributed by atoms with Crippen LogP contribution in [0.15, 0.2) is 25.3 Å². The zero-order chi connectivity index (χ0) is 27.1. The van der Waals surface area contributed by atoms with Crippen LogP contribution in [0.25, 0.3) is 0 Å². The van der Waals surface area contributed by atoms with Gasteiger partial charge in [-0.1, -0.05) is 74.5 Å². The summed E-state index contributed by atoms with van der Waals surface area (Å²) in [6.45, 7) is 32.2. The standard InChI is InChI=1S/C18H36O2Si.C12H22O2/c1-10-13(3)12-16-17(19-16)14(4)15(11-2)20-21(8,9)18(5,6)7;1-5-8(3)7-11-12(14-11)9(4)10(13)6-2/h10,13-17H,1,11-12H2,2-9H3;5,8-13H,1,6-7H2,2-4H3/t13-,14-,15-,16-,17-;8-,9-,10+,11-,12-/m11/s1. The molecule has 0 unspecified atom stereocenters. The van der Waals surface area contributed by atoms with Crippen molar-refractivity contribution >= 4 is 8.32 Å². The molecule has 4 nitrogen and oxygen atoms in total. The first-order chi connectivity index (χ1) is 16.1. The van der Waals surface area contributed by atoms with Gasteiger partial charge in [0.25, 0.3) is 0 Å². The van der Waals surface area contributed by atoms with E-state index in [0.29, 0.717) is 42.2 Å². The summed E-state index contributed by atoms with van der Waals surface area (Å²) in [6.07, 6.45) is 9.49. The topological polar surface area (TPSA) is 54.5 Å². The second-order valence-corrected chi connectivity index (χ2v) is 17.5. The SMILES string of the molecule is C=C[C@@H](C)C[C@H]1O[C@@H]1[C@H](C)[C@@H](CC)O[Si](C)(C)C(C)(C)C.C=C[C@@H](C)C[C@H]1O[C@@H]1[C@H](C)[C@@H](O)CC. The molecule has 2 aliphatic heterocycles. The lowest BCUT2D eigenvalue weighted by atomic mass is 9.94. The highest BCUT2D eigenvalue weighted by Gasteiger charge is 2.48. The quantitative estimate of drug-likeness (QED) is 0.147. The molecule has 1 N–H and O–H groups in total. The summed E-state index contributed by atoms with van der Waals surface area (Å²) >= 11 is 0. The Bertz CT molecular complexity index is 643. The van der Waals surface area contributed by atoms with Crippen LogP contribution in [0.2, 0.25) is 18.1 Å². The fraction of sp³-hybridized carbons (Fsp3) is 0.867. The predicted octanol–water partition coefficient (Wildman–Crippen LogP) is 7.78. The van der Waals surface area contributed by atoms with E-state index in [1.165, 1.54) is 0 Å². The molecule has 0 aliphatic carbocycles. The average Bonchev–Trinajstić information content (AvgIpc) is 3.72. The van der Waals surface area contributed by atoms with E-state index in [4.69, 9.17) is 13.9 Å². The van der Waals surface area contributed by atoms with Crippen molar-refractivity contribution in [3.8, 4) is 0 Å². The van der Waals surface area contributed by atoms with Gasteiger partial charge >= 0.3 is 0 Å². The van der Waals surface area contributed by atoms with Crippen LogP contribution in [0.1, 0.15) is 88.0 Å². The van der Waals surface area contributed by atoms with Crippen LogP contribution in [0.3, 0.4) is 0 Å². The normalized spacial score (nSPS) is 29.0. The first kappa shape index (κ1) is 32.6. The summed E-state index contributed by atoms with van der Waals surface area (Å²) in [5.41, 5.74) is 0. The third-order valence-electron chi connectivity index (χ3n) is 8.56. The van der Waals surface area contributed by atoms with Crippen molar-refractivity contribution in [2.24, 2.45) is 23.7 Å². The number of aliphatic hydroxyl groups excluding tert-OH is 1. The first-order valence-corrected chi connectivity index (χ1v) is 17.0. The molecule has 5 heteroatoms. The average molecular weight is 511 g/mol. The van der Waals surface area contributed by atoms with Crippen molar-refractivity contribution in [2.45, 2.75) is 143 Å². The summed E-state index contributed by atoms with van der Waals surface area (Å²) in [7, 11) is -1.70. The number of hydrogen-bond donors (Lipinski definition) is 1. The lowest BCUT2D eigenvalue weighted by molar-refractivity contribution is 0.0953. The molecule has 2 saturated heterocycles. The van der Waals surface area contributed by atoms with Crippen LogP contribution >= 0.6 is 0 Å². The molecule has 2 aliphatic rings. The molecule has 10 atom stereocenters. The minimum atomic E-state index is -1.70. The highest BCUT2D eigenvalue weighted by molar-refractivity contribution is 6.74. The third-order valence-corrected chi connectivity index (χ3v) is 13.1. The van der Waals surface area contributed by atoms with Gasteiger partial charge in [0, 0.05) is 17.9 Å². The van der Waals surface area contributed by atoms with Crippen molar-refractivity contribution in [2.75, 3.05) is 0 Å². The van der Waals surface area contributed by atoms with Gasteiger partial charge in [0.1, 0.15) is 0 Å². The van der Waals surface area contributed by atoms with E-state index >= 15 is 0 Å². The van der Waals surface area contributed by atoms with E-state index in [0.717, 1.165) is 25.7 Å². The van der Waals surface area contributed by atoms with Crippen LogP contribution in [0.5, 0.6) is 0 Å². The van der Waals surface area contributed by atoms with Crippen molar-refractivity contribution in [3.05, 3.63) is 25.3 Å². The number of hydrogen-bond acceptors (Lipinski definition) is 4. The molecule has 206 valence electrons. The molecule has 2 fully saturated rings. The molecule has 0 radical (unpaired) electrons. The van der Waals surface area contributed by atoms with E-state index in [9.17, 15) is 5.11 Å². The van der Waals surface area contributed by atoms with E-state index in [-0.39, 0.29) is 23.2 Å². The van der Waals surface area contributed by atoms with Gasteiger partial charge in [-0.05, 0) is 55.7 Å². The summed E-state index contributed by atoms with van der Waals surface area (Å²) in [5.74, 6) is 1.79. The molecule has 0 aromatic carbocycles. The van der Waals surface area contributed by atoms with Gasteiger partial charge in [-0.25, -0.2) is 0 Å². The minimum Gasteiger partial charge on any atom is -0.414 e. The monoisotopic (exact) mass is 510 g/mol. The van der Waals surface area contributed by atoms with Crippen LogP contribution in [-0.2, 0) is 13.9 Å². The van der Waals surface area contributed by atoms with E-state index in [1.54, 1.807) is 0 Å². The van der Waals surface area contributed by atoms with Crippen LogP contribution in [-0.4, -0.2) is 50.0 Å². The number of rotatable bonds is 14. The fourth-order valence-electron chi connectivity index (χ4n) is 4.46. The molecule has 0 spiro atoms. The predicted molar refractivity (Wildman–Crippen MR) is 152 cm³/mol. The van der Waals surface area contributed by atoms with E-state index in [2.05, 4.69) is 81.6 Å². The van der Waals surface area contributed by atoms with Gasteiger partial charge in [-0.2, -0.15) is 0 Å². The highest BCUT2D eigenvalue weighted by Crippen LogP contribution is 2.42.